The smallest absolute Gasteiger partial charge is 0.329 e. The molecule has 7 heteroatoms. The summed E-state index contributed by atoms with van der Waals surface area (Å²) in [5, 5.41) is 0. The Morgan fingerprint density at radius 3 is 2.61 bits per heavy atom. The van der Waals surface area contributed by atoms with Crippen LogP contribution in [-0.2, 0) is 13.6 Å². The van der Waals surface area contributed by atoms with Crippen molar-refractivity contribution in [1.82, 2.24) is 18.7 Å². The van der Waals surface area contributed by atoms with Crippen molar-refractivity contribution in [2.45, 2.75) is 26.4 Å². The number of hydrogen-bond donors (Lipinski definition) is 1. The molecule has 0 spiro atoms. The summed E-state index contributed by atoms with van der Waals surface area (Å²) >= 11 is 0. The predicted octanol–water partition coefficient (Wildman–Crippen LogP) is -0.564. The van der Waals surface area contributed by atoms with Crippen LogP contribution in [0.25, 0.3) is 11.2 Å². The summed E-state index contributed by atoms with van der Waals surface area (Å²) in [7, 11) is 1.47. The normalized spacial score (nSPS) is 11.6. The van der Waals surface area contributed by atoms with Crippen molar-refractivity contribution in [2.75, 3.05) is 6.54 Å². The molecule has 98 valence electrons. The van der Waals surface area contributed by atoms with Crippen LogP contribution in [-0.4, -0.2) is 25.2 Å². The molecule has 0 aliphatic rings. The molecule has 0 saturated carbocycles. The summed E-state index contributed by atoms with van der Waals surface area (Å²) in [5.41, 5.74) is 5.67. The van der Waals surface area contributed by atoms with Gasteiger partial charge in [-0.25, -0.2) is 9.78 Å². The average molecular weight is 251 g/mol. The summed E-state index contributed by atoms with van der Waals surface area (Å²) in [4.78, 5) is 28.4. The van der Waals surface area contributed by atoms with Crippen molar-refractivity contribution in [3.8, 4) is 0 Å². The lowest BCUT2D eigenvalue weighted by Crippen LogP contribution is -2.39. The highest BCUT2D eigenvalue weighted by atomic mass is 16.2. The molecule has 0 fully saturated rings. The molecule has 2 rings (SSSR count). The first-order chi connectivity index (χ1) is 8.49. The molecule has 0 saturated heterocycles. The van der Waals surface area contributed by atoms with Gasteiger partial charge in [-0.15, -0.1) is 0 Å². The maximum absolute atomic E-state index is 12.1. The van der Waals surface area contributed by atoms with Gasteiger partial charge in [0, 0.05) is 26.2 Å². The Hall–Kier alpha value is -1.89. The molecule has 2 heterocycles. The van der Waals surface area contributed by atoms with Gasteiger partial charge in [0.25, 0.3) is 5.56 Å². The van der Waals surface area contributed by atoms with Crippen LogP contribution in [0.4, 0.5) is 0 Å². The van der Waals surface area contributed by atoms with Crippen LogP contribution in [0.3, 0.4) is 0 Å². The number of fused-ring (bicyclic) bond motifs is 1. The van der Waals surface area contributed by atoms with E-state index < -0.39 is 0 Å². The molecule has 0 amide bonds. The highest BCUT2D eigenvalue weighted by Crippen LogP contribution is 2.10. The number of imidazole rings is 1. The number of nitrogens with two attached hydrogens (primary N) is 1. The molecule has 2 aromatic heterocycles. The molecule has 2 N–H and O–H groups in total. The zero-order valence-electron chi connectivity index (χ0n) is 10.8. The molecule has 0 aliphatic heterocycles. The fraction of sp³-hybridized carbons (Fsp3) is 0.545. The first-order valence-corrected chi connectivity index (χ1v) is 5.85. The molecule has 18 heavy (non-hydrogen) atoms. The molecular formula is C11H17N5O2. The third-order valence-electron chi connectivity index (χ3n) is 2.93. The molecule has 7 nitrogen and oxygen atoms in total. The van der Waals surface area contributed by atoms with Crippen molar-refractivity contribution < 1.29 is 0 Å². The lowest BCUT2D eigenvalue weighted by molar-refractivity contribution is 0.551. The largest absolute Gasteiger partial charge is 0.332 e. The van der Waals surface area contributed by atoms with Crippen molar-refractivity contribution >= 4 is 11.2 Å². The van der Waals surface area contributed by atoms with E-state index in [4.69, 9.17) is 5.73 Å². The van der Waals surface area contributed by atoms with E-state index in [0.29, 0.717) is 24.3 Å². The van der Waals surface area contributed by atoms with Gasteiger partial charge in [0.1, 0.15) is 0 Å². The van der Waals surface area contributed by atoms with Crippen LogP contribution >= 0.6 is 0 Å². The Morgan fingerprint density at radius 1 is 1.39 bits per heavy atom. The molecular weight excluding hydrogens is 234 g/mol. The topological polar surface area (TPSA) is 87.8 Å². The van der Waals surface area contributed by atoms with Crippen LogP contribution in [0, 0.1) is 0 Å². The number of nitrogens with zero attached hydrogens (tertiary/aromatic N) is 4. The monoisotopic (exact) mass is 251 g/mol. The van der Waals surface area contributed by atoms with Crippen LogP contribution in [0.2, 0.25) is 0 Å². The van der Waals surface area contributed by atoms with E-state index in [2.05, 4.69) is 4.98 Å². The zero-order chi connectivity index (χ0) is 13.4. The summed E-state index contributed by atoms with van der Waals surface area (Å²) in [6, 6.07) is -0.0620. The summed E-state index contributed by atoms with van der Waals surface area (Å²) in [5.74, 6) is 0. The molecule has 0 aromatic carbocycles. The third-order valence-corrected chi connectivity index (χ3v) is 2.93. The molecule has 0 unspecified atom stereocenters. The highest BCUT2D eigenvalue weighted by Gasteiger charge is 2.17. The number of hydrogen-bond acceptors (Lipinski definition) is 4. The minimum absolute atomic E-state index is 0.0620. The van der Waals surface area contributed by atoms with E-state index in [0.717, 1.165) is 4.57 Å². The van der Waals surface area contributed by atoms with Crippen LogP contribution in [0.15, 0.2) is 15.9 Å². The first-order valence-electron chi connectivity index (χ1n) is 5.85. The fourth-order valence-corrected chi connectivity index (χ4v) is 2.04. The van der Waals surface area contributed by atoms with Crippen LogP contribution in [0.5, 0.6) is 0 Å². The molecule has 0 aliphatic carbocycles. The van der Waals surface area contributed by atoms with Crippen LogP contribution in [0.1, 0.15) is 19.9 Å². The van der Waals surface area contributed by atoms with E-state index in [1.54, 1.807) is 10.9 Å². The number of rotatable bonds is 3. The van der Waals surface area contributed by atoms with Crippen molar-refractivity contribution in [1.29, 1.82) is 0 Å². The van der Waals surface area contributed by atoms with Gasteiger partial charge in [-0.3, -0.25) is 13.9 Å². The molecule has 2 aromatic rings. The summed E-state index contributed by atoms with van der Waals surface area (Å²) in [6.07, 6.45) is 1.55. The average Bonchev–Trinajstić information content (AvgIpc) is 2.70. The second-order valence-corrected chi connectivity index (χ2v) is 4.51. The van der Waals surface area contributed by atoms with Crippen molar-refractivity contribution in [2.24, 2.45) is 12.8 Å². The lowest BCUT2D eigenvalue weighted by atomic mass is 10.3. The Balaban J connectivity index is 2.95. The van der Waals surface area contributed by atoms with Gasteiger partial charge in [-0.05, 0) is 13.8 Å². The molecule has 0 bridgehead atoms. The fourth-order valence-electron chi connectivity index (χ4n) is 2.04. The minimum atomic E-state index is -0.347. The van der Waals surface area contributed by atoms with Gasteiger partial charge in [-0.1, -0.05) is 0 Å². The predicted molar refractivity (Wildman–Crippen MR) is 68.7 cm³/mol. The maximum atomic E-state index is 12.1. The second kappa shape index (κ2) is 4.41. The van der Waals surface area contributed by atoms with E-state index in [-0.39, 0.29) is 17.3 Å². The Labute approximate surface area is 103 Å². The Morgan fingerprint density at radius 2 is 2.06 bits per heavy atom. The standard InChI is InChI=1S/C11H17N5O2/c1-7(2)16-9-8(10(17)14(3)11(16)18)15(5-4-12)6-13-9/h6-7H,4-5,12H2,1-3H3. The highest BCUT2D eigenvalue weighted by molar-refractivity contribution is 5.70. The Bertz CT molecular complexity index is 692. The van der Waals surface area contributed by atoms with Gasteiger partial charge in [0.2, 0.25) is 0 Å². The summed E-state index contributed by atoms with van der Waals surface area (Å²) < 4.78 is 4.32. The van der Waals surface area contributed by atoms with E-state index >= 15 is 0 Å². The maximum Gasteiger partial charge on any atom is 0.332 e. The summed E-state index contributed by atoms with van der Waals surface area (Å²) in [6.45, 7) is 4.68. The Kier molecular flexibility index (Phi) is 3.08. The minimum Gasteiger partial charge on any atom is -0.329 e. The first kappa shape index (κ1) is 12.6. The van der Waals surface area contributed by atoms with E-state index in [1.165, 1.54) is 11.6 Å². The SMILES string of the molecule is CC(C)n1c(=O)n(C)c(=O)c2c1ncn2CCN. The van der Waals surface area contributed by atoms with Gasteiger partial charge in [-0.2, -0.15) is 0 Å². The third kappa shape index (κ3) is 1.67. The second-order valence-electron chi connectivity index (χ2n) is 4.51. The van der Waals surface area contributed by atoms with E-state index in [9.17, 15) is 9.59 Å². The molecule has 0 radical (unpaired) electrons. The van der Waals surface area contributed by atoms with Crippen molar-refractivity contribution in [3.05, 3.63) is 27.2 Å². The van der Waals surface area contributed by atoms with Gasteiger partial charge in [0.15, 0.2) is 11.2 Å². The van der Waals surface area contributed by atoms with Gasteiger partial charge >= 0.3 is 5.69 Å². The quantitative estimate of drug-likeness (QED) is 0.791. The van der Waals surface area contributed by atoms with Gasteiger partial charge < -0.3 is 10.3 Å². The number of aromatic nitrogens is 4. The van der Waals surface area contributed by atoms with E-state index in [1.807, 2.05) is 13.8 Å². The van der Waals surface area contributed by atoms with Crippen LogP contribution < -0.4 is 17.0 Å². The van der Waals surface area contributed by atoms with Crippen molar-refractivity contribution in [3.63, 3.8) is 0 Å². The lowest BCUT2D eigenvalue weighted by Gasteiger charge is -2.12. The zero-order valence-corrected chi connectivity index (χ0v) is 10.8. The van der Waals surface area contributed by atoms with Gasteiger partial charge in [0.05, 0.1) is 6.33 Å². The molecule has 0 atom stereocenters.